The lowest BCUT2D eigenvalue weighted by molar-refractivity contribution is -0.120. The summed E-state index contributed by atoms with van der Waals surface area (Å²) in [4.78, 5) is 25.6. The van der Waals surface area contributed by atoms with Gasteiger partial charge >= 0.3 is 6.09 Å². The second-order valence-corrected chi connectivity index (χ2v) is 10.1. The zero-order valence-corrected chi connectivity index (χ0v) is 21.9. The first kappa shape index (κ1) is 28.5. The number of methoxy groups -OCH3 is 1. The van der Waals surface area contributed by atoms with E-state index in [1.54, 1.807) is 4.90 Å². The number of likely N-dealkylation sites (tertiary alicyclic amines) is 1. The number of amides is 2. The molecule has 1 saturated heterocycles. The summed E-state index contributed by atoms with van der Waals surface area (Å²) in [6, 6.07) is 10.7. The number of ether oxygens (including phenoxy) is 1. The summed E-state index contributed by atoms with van der Waals surface area (Å²) in [5.74, 6) is -1.46. The molecule has 0 radical (unpaired) electrons. The number of aliphatic hydroxyl groups excluding tert-OH is 1. The molecule has 0 aliphatic carbocycles. The van der Waals surface area contributed by atoms with Crippen LogP contribution >= 0.6 is 0 Å². The van der Waals surface area contributed by atoms with Gasteiger partial charge in [0.05, 0.1) is 19.3 Å². The molecule has 1 aliphatic rings. The van der Waals surface area contributed by atoms with Crippen molar-refractivity contribution < 1.29 is 28.2 Å². The lowest BCUT2D eigenvalue weighted by Crippen LogP contribution is -2.56. The maximum absolute atomic E-state index is 13.7. The Kier molecular flexibility index (Phi) is 9.62. The predicted octanol–water partition coefficient (Wildman–Crippen LogP) is 3.84. The van der Waals surface area contributed by atoms with Crippen LogP contribution < -0.4 is 10.6 Å². The van der Waals surface area contributed by atoms with Crippen LogP contribution in [-0.4, -0.2) is 60.9 Å². The van der Waals surface area contributed by atoms with Crippen LogP contribution in [-0.2, 0) is 21.5 Å². The number of carbonyl (C=O) groups is 2. The normalized spacial score (nSPS) is 16.8. The average Bonchev–Trinajstić information content (AvgIpc) is 2.86. The van der Waals surface area contributed by atoms with Gasteiger partial charge in [-0.05, 0) is 54.0 Å². The molecule has 1 heterocycles. The minimum absolute atomic E-state index is 0.0586. The summed E-state index contributed by atoms with van der Waals surface area (Å²) in [7, 11) is 1.36. The van der Waals surface area contributed by atoms with Gasteiger partial charge in [0.2, 0.25) is 5.91 Å². The molecule has 3 rings (SSSR count). The molecule has 2 amide bonds. The van der Waals surface area contributed by atoms with Crippen molar-refractivity contribution in [3.8, 4) is 0 Å². The minimum Gasteiger partial charge on any atom is -0.453 e. The van der Waals surface area contributed by atoms with Crippen molar-refractivity contribution in [3.63, 3.8) is 0 Å². The standard InChI is InChI=1S/C28H37F2N3O4/c1-18(2)21-6-5-7-22(15-21)28(8-10-33(11-9-28)27(36)37-4)31-17-26(35)25(32-19(3)34)14-20-12-23(29)16-24(30)13-20/h5-7,12-13,15-16,18,25-26,31,35H,8-11,14,17H2,1-4H3,(H,32,34). The summed E-state index contributed by atoms with van der Waals surface area (Å²) < 4.78 is 32.4. The maximum Gasteiger partial charge on any atom is 0.409 e. The van der Waals surface area contributed by atoms with Crippen LogP contribution in [0.4, 0.5) is 13.6 Å². The molecule has 9 heteroatoms. The van der Waals surface area contributed by atoms with Crippen molar-refractivity contribution in [1.82, 2.24) is 15.5 Å². The van der Waals surface area contributed by atoms with Gasteiger partial charge in [-0.3, -0.25) is 4.79 Å². The van der Waals surface area contributed by atoms with Crippen molar-refractivity contribution >= 4 is 12.0 Å². The molecule has 2 aromatic carbocycles. The van der Waals surface area contributed by atoms with Crippen LogP contribution in [0.25, 0.3) is 0 Å². The predicted molar refractivity (Wildman–Crippen MR) is 137 cm³/mol. The van der Waals surface area contributed by atoms with E-state index in [0.717, 1.165) is 11.6 Å². The Morgan fingerprint density at radius 1 is 1.11 bits per heavy atom. The molecule has 2 unspecified atom stereocenters. The number of halogens is 2. The van der Waals surface area contributed by atoms with Crippen LogP contribution in [0.2, 0.25) is 0 Å². The highest BCUT2D eigenvalue weighted by atomic mass is 19.1. The highest BCUT2D eigenvalue weighted by Crippen LogP contribution is 2.35. The summed E-state index contributed by atoms with van der Waals surface area (Å²) in [6.07, 6.45) is -0.174. The number of nitrogens with one attached hydrogen (secondary N) is 2. The molecule has 2 atom stereocenters. The Morgan fingerprint density at radius 3 is 2.32 bits per heavy atom. The molecule has 2 aromatic rings. The van der Waals surface area contributed by atoms with Gasteiger partial charge in [0.1, 0.15) is 11.6 Å². The third-order valence-corrected chi connectivity index (χ3v) is 7.04. The zero-order chi connectivity index (χ0) is 27.2. The highest BCUT2D eigenvalue weighted by Gasteiger charge is 2.38. The molecule has 0 spiro atoms. The third kappa shape index (κ3) is 7.49. The molecule has 3 N–H and O–H groups in total. The fourth-order valence-corrected chi connectivity index (χ4v) is 4.93. The van der Waals surface area contributed by atoms with E-state index < -0.39 is 29.3 Å². The summed E-state index contributed by atoms with van der Waals surface area (Å²) in [6.45, 7) is 6.64. The van der Waals surface area contributed by atoms with E-state index in [0.29, 0.717) is 37.4 Å². The second-order valence-electron chi connectivity index (χ2n) is 10.1. The van der Waals surface area contributed by atoms with E-state index in [1.807, 2.05) is 12.1 Å². The SMILES string of the molecule is COC(=O)N1CCC(NCC(O)C(Cc2cc(F)cc(F)c2)NC(C)=O)(c2cccc(C(C)C)c2)CC1. The van der Waals surface area contributed by atoms with Gasteiger partial charge in [0.15, 0.2) is 0 Å². The Morgan fingerprint density at radius 2 is 1.76 bits per heavy atom. The van der Waals surface area contributed by atoms with Crippen LogP contribution in [0.3, 0.4) is 0 Å². The summed E-state index contributed by atoms with van der Waals surface area (Å²) in [5.41, 5.74) is 2.04. The number of carbonyl (C=O) groups excluding carboxylic acids is 2. The van der Waals surface area contributed by atoms with E-state index >= 15 is 0 Å². The van der Waals surface area contributed by atoms with Gasteiger partial charge in [-0.2, -0.15) is 0 Å². The van der Waals surface area contributed by atoms with Gasteiger partial charge in [-0.1, -0.05) is 38.1 Å². The Balaban J connectivity index is 1.83. The fourth-order valence-electron chi connectivity index (χ4n) is 4.93. The lowest BCUT2D eigenvalue weighted by Gasteiger charge is -2.43. The number of hydrogen-bond donors (Lipinski definition) is 3. The highest BCUT2D eigenvalue weighted by molar-refractivity contribution is 5.73. The van der Waals surface area contributed by atoms with Gasteiger partial charge in [0.25, 0.3) is 0 Å². The molecular formula is C28H37F2N3O4. The molecule has 37 heavy (non-hydrogen) atoms. The molecule has 0 bridgehead atoms. The fraction of sp³-hybridized carbons (Fsp3) is 0.500. The van der Waals surface area contributed by atoms with Crippen LogP contribution in [0.15, 0.2) is 42.5 Å². The van der Waals surface area contributed by atoms with E-state index in [-0.39, 0.29) is 25.0 Å². The van der Waals surface area contributed by atoms with E-state index in [4.69, 9.17) is 4.74 Å². The first-order chi connectivity index (χ1) is 17.5. The van der Waals surface area contributed by atoms with Crippen molar-refractivity contribution in [2.75, 3.05) is 26.7 Å². The van der Waals surface area contributed by atoms with Crippen molar-refractivity contribution in [2.24, 2.45) is 0 Å². The zero-order valence-electron chi connectivity index (χ0n) is 21.9. The molecule has 202 valence electrons. The molecule has 1 fully saturated rings. The largest absolute Gasteiger partial charge is 0.453 e. The number of hydrogen-bond acceptors (Lipinski definition) is 5. The lowest BCUT2D eigenvalue weighted by atomic mass is 9.79. The number of benzene rings is 2. The van der Waals surface area contributed by atoms with Crippen molar-refractivity contribution in [3.05, 3.63) is 70.8 Å². The van der Waals surface area contributed by atoms with E-state index in [2.05, 4.69) is 36.6 Å². The molecule has 0 aromatic heterocycles. The van der Waals surface area contributed by atoms with Crippen LogP contribution in [0, 0.1) is 11.6 Å². The number of piperidine rings is 1. The minimum atomic E-state index is -1.04. The van der Waals surface area contributed by atoms with Crippen LogP contribution in [0.5, 0.6) is 0 Å². The second kappa shape index (κ2) is 12.5. The smallest absolute Gasteiger partial charge is 0.409 e. The quantitative estimate of drug-likeness (QED) is 0.470. The third-order valence-electron chi connectivity index (χ3n) is 7.04. The number of aliphatic hydroxyl groups is 1. The Bertz CT molecular complexity index is 1070. The summed E-state index contributed by atoms with van der Waals surface area (Å²) in [5, 5.41) is 17.4. The van der Waals surface area contributed by atoms with Crippen molar-refractivity contribution in [1.29, 1.82) is 0 Å². The molecular weight excluding hydrogens is 480 g/mol. The first-order valence-corrected chi connectivity index (χ1v) is 12.6. The van der Waals surface area contributed by atoms with Gasteiger partial charge in [-0.25, -0.2) is 13.6 Å². The number of nitrogens with zero attached hydrogens (tertiary/aromatic N) is 1. The Labute approximate surface area is 217 Å². The van der Waals surface area contributed by atoms with Gasteiger partial charge in [-0.15, -0.1) is 0 Å². The van der Waals surface area contributed by atoms with E-state index in [1.165, 1.54) is 31.7 Å². The molecule has 0 saturated carbocycles. The molecule has 7 nitrogen and oxygen atoms in total. The average molecular weight is 518 g/mol. The molecule has 1 aliphatic heterocycles. The number of rotatable bonds is 9. The van der Waals surface area contributed by atoms with Gasteiger partial charge in [0, 0.05) is 38.2 Å². The van der Waals surface area contributed by atoms with Crippen LogP contribution in [0.1, 0.15) is 56.2 Å². The monoisotopic (exact) mass is 517 g/mol. The first-order valence-electron chi connectivity index (χ1n) is 12.6. The van der Waals surface area contributed by atoms with E-state index in [9.17, 15) is 23.5 Å². The summed E-state index contributed by atoms with van der Waals surface area (Å²) >= 11 is 0. The Hall–Kier alpha value is -3.04. The topological polar surface area (TPSA) is 90.9 Å². The van der Waals surface area contributed by atoms with Crippen molar-refractivity contribution in [2.45, 2.75) is 63.6 Å². The van der Waals surface area contributed by atoms with Gasteiger partial charge < -0.3 is 25.4 Å². The maximum atomic E-state index is 13.7.